The topological polar surface area (TPSA) is 82.4 Å². The summed E-state index contributed by atoms with van der Waals surface area (Å²) in [5.41, 5.74) is 3.15. The summed E-state index contributed by atoms with van der Waals surface area (Å²) >= 11 is 4.81. The first-order valence-corrected chi connectivity index (χ1v) is 13.9. The van der Waals surface area contributed by atoms with Crippen LogP contribution in [0.5, 0.6) is 11.5 Å². The van der Waals surface area contributed by atoms with Crippen LogP contribution in [-0.2, 0) is 9.53 Å². The van der Waals surface area contributed by atoms with Crippen LogP contribution >= 0.6 is 27.3 Å². The molecule has 8 nitrogen and oxygen atoms in total. The first kappa shape index (κ1) is 28.4. The van der Waals surface area contributed by atoms with Crippen molar-refractivity contribution in [1.29, 1.82) is 0 Å². The number of aromatic nitrogens is 1. The van der Waals surface area contributed by atoms with Gasteiger partial charge in [0.1, 0.15) is 6.61 Å². The third-order valence-corrected chi connectivity index (χ3v) is 7.71. The van der Waals surface area contributed by atoms with Crippen molar-refractivity contribution in [2.24, 2.45) is 4.99 Å². The molecule has 0 N–H and O–H groups in total. The predicted molar refractivity (Wildman–Crippen MR) is 158 cm³/mol. The molecule has 39 heavy (non-hydrogen) atoms. The predicted octanol–water partition coefficient (Wildman–Crippen LogP) is 4.20. The number of hydrogen-bond acceptors (Lipinski definition) is 8. The molecule has 0 aliphatic carbocycles. The van der Waals surface area contributed by atoms with Crippen molar-refractivity contribution < 1.29 is 19.0 Å². The maximum atomic E-state index is 13.9. The molecular weight excluding hydrogens is 582 g/mol. The average Bonchev–Trinajstić information content (AvgIpc) is 3.21. The van der Waals surface area contributed by atoms with Crippen molar-refractivity contribution >= 4 is 45.0 Å². The zero-order valence-electron chi connectivity index (χ0n) is 22.5. The quantitative estimate of drug-likeness (QED) is 0.266. The molecule has 1 aliphatic rings. The van der Waals surface area contributed by atoms with Gasteiger partial charge in [0.25, 0.3) is 5.56 Å². The van der Waals surface area contributed by atoms with Crippen LogP contribution in [0.1, 0.15) is 31.0 Å². The molecule has 1 aliphatic heterocycles. The van der Waals surface area contributed by atoms with E-state index in [1.165, 1.54) is 11.3 Å². The number of anilines is 1. The first-order valence-electron chi connectivity index (χ1n) is 12.3. The summed E-state index contributed by atoms with van der Waals surface area (Å²) in [6, 6.07) is 10.8. The van der Waals surface area contributed by atoms with Crippen LogP contribution < -0.4 is 29.3 Å². The minimum absolute atomic E-state index is 0.218. The number of methoxy groups -OCH3 is 1. The highest BCUT2D eigenvalue weighted by Gasteiger charge is 2.33. The SMILES string of the molecule is C=CCOc1c(Br)cc(/C=c2/sc3n(c2=O)C(c2ccc(N(C)C)cc2)C(C(=O)OCC)=C(C)N=3)cc1OC. The summed E-state index contributed by atoms with van der Waals surface area (Å²) in [5, 5.41) is 0. The van der Waals surface area contributed by atoms with E-state index in [0.717, 1.165) is 16.8 Å². The van der Waals surface area contributed by atoms with E-state index in [4.69, 9.17) is 14.2 Å². The van der Waals surface area contributed by atoms with E-state index in [1.807, 2.05) is 49.3 Å². The molecule has 0 fully saturated rings. The van der Waals surface area contributed by atoms with Crippen molar-refractivity contribution in [3.05, 3.63) is 95.6 Å². The largest absolute Gasteiger partial charge is 0.493 e. The summed E-state index contributed by atoms with van der Waals surface area (Å²) in [6.07, 6.45) is 3.43. The number of nitrogens with zero attached hydrogens (tertiary/aromatic N) is 3. The molecule has 10 heteroatoms. The molecule has 1 unspecified atom stereocenters. The Balaban J connectivity index is 1.89. The Morgan fingerprint density at radius 3 is 2.59 bits per heavy atom. The number of fused-ring (bicyclic) bond motifs is 1. The molecule has 0 saturated carbocycles. The van der Waals surface area contributed by atoms with Crippen LogP contribution in [0.3, 0.4) is 0 Å². The van der Waals surface area contributed by atoms with E-state index in [1.54, 1.807) is 43.7 Å². The molecule has 2 heterocycles. The van der Waals surface area contributed by atoms with E-state index in [2.05, 4.69) is 27.5 Å². The van der Waals surface area contributed by atoms with Gasteiger partial charge in [0.05, 0.1) is 40.0 Å². The Bertz CT molecular complexity index is 1620. The number of allylic oxidation sites excluding steroid dienone is 1. The smallest absolute Gasteiger partial charge is 0.338 e. The molecule has 1 aromatic heterocycles. The highest BCUT2D eigenvalue weighted by atomic mass is 79.9. The monoisotopic (exact) mass is 611 g/mol. The van der Waals surface area contributed by atoms with Crippen LogP contribution in [-0.4, -0.2) is 45.0 Å². The van der Waals surface area contributed by atoms with Crippen molar-refractivity contribution in [3.63, 3.8) is 0 Å². The number of rotatable bonds is 9. The van der Waals surface area contributed by atoms with Gasteiger partial charge >= 0.3 is 5.97 Å². The molecule has 0 saturated heterocycles. The van der Waals surface area contributed by atoms with Crippen molar-refractivity contribution in [3.8, 4) is 11.5 Å². The van der Waals surface area contributed by atoms with Gasteiger partial charge in [-0.25, -0.2) is 9.79 Å². The van der Waals surface area contributed by atoms with Crippen molar-refractivity contribution in [2.45, 2.75) is 19.9 Å². The van der Waals surface area contributed by atoms with Crippen LogP contribution in [0, 0.1) is 0 Å². The van der Waals surface area contributed by atoms with E-state index >= 15 is 0 Å². The van der Waals surface area contributed by atoms with Crippen molar-refractivity contribution in [1.82, 2.24) is 4.57 Å². The van der Waals surface area contributed by atoms with Gasteiger partial charge in [-0.3, -0.25) is 9.36 Å². The Morgan fingerprint density at radius 1 is 1.26 bits per heavy atom. The summed E-state index contributed by atoms with van der Waals surface area (Å²) in [4.78, 5) is 34.1. The highest BCUT2D eigenvalue weighted by molar-refractivity contribution is 9.10. The van der Waals surface area contributed by atoms with Gasteiger partial charge in [-0.05, 0) is 71.2 Å². The van der Waals surface area contributed by atoms with E-state index < -0.39 is 12.0 Å². The summed E-state index contributed by atoms with van der Waals surface area (Å²) < 4.78 is 19.4. The summed E-state index contributed by atoms with van der Waals surface area (Å²) in [7, 11) is 5.47. The zero-order chi connectivity index (χ0) is 28.3. The average molecular weight is 613 g/mol. The van der Waals surface area contributed by atoms with Crippen LogP contribution in [0.4, 0.5) is 5.69 Å². The minimum atomic E-state index is -0.672. The van der Waals surface area contributed by atoms with E-state index in [9.17, 15) is 9.59 Å². The van der Waals surface area contributed by atoms with Crippen LogP contribution in [0.15, 0.2) is 74.6 Å². The number of benzene rings is 2. The maximum Gasteiger partial charge on any atom is 0.338 e. The molecule has 2 aromatic carbocycles. The number of carbonyl (C=O) groups is 1. The number of carbonyl (C=O) groups excluding carboxylic acids is 1. The highest BCUT2D eigenvalue weighted by Crippen LogP contribution is 2.37. The number of thiazole rings is 1. The lowest BCUT2D eigenvalue weighted by molar-refractivity contribution is -0.139. The fourth-order valence-corrected chi connectivity index (χ4v) is 5.94. The summed E-state index contributed by atoms with van der Waals surface area (Å²) in [6.45, 7) is 7.75. The lowest BCUT2D eigenvalue weighted by Gasteiger charge is -2.25. The molecule has 0 radical (unpaired) electrons. The standard InChI is InChI=1S/C29H30BrN3O5S/c1-7-13-38-26-21(30)14-18(15-22(26)36-6)16-23-27(34)33-25(19-9-11-20(12-10-19)32(4)5)24(28(35)37-8-2)17(3)31-29(33)39-23/h7,9-12,14-16,25H,1,8,13H2,2-6H3/b23-16+. The molecule has 0 bridgehead atoms. The van der Waals surface area contributed by atoms with Crippen LogP contribution in [0.2, 0.25) is 0 Å². The Hall–Kier alpha value is -3.63. The zero-order valence-corrected chi connectivity index (χ0v) is 24.9. The third kappa shape index (κ3) is 5.72. The lowest BCUT2D eigenvalue weighted by Crippen LogP contribution is -2.39. The number of hydrogen-bond donors (Lipinski definition) is 0. The Morgan fingerprint density at radius 2 is 1.97 bits per heavy atom. The molecule has 3 aromatic rings. The molecule has 0 spiro atoms. The normalized spacial score (nSPS) is 14.9. The van der Waals surface area contributed by atoms with Gasteiger partial charge in [-0.15, -0.1) is 0 Å². The van der Waals surface area contributed by atoms with Gasteiger partial charge in [0.15, 0.2) is 16.3 Å². The van der Waals surface area contributed by atoms with Gasteiger partial charge in [0, 0.05) is 19.8 Å². The van der Waals surface area contributed by atoms with Crippen molar-refractivity contribution in [2.75, 3.05) is 39.3 Å². The van der Waals surface area contributed by atoms with E-state index in [0.29, 0.717) is 43.2 Å². The first-order chi connectivity index (χ1) is 18.7. The Labute approximate surface area is 239 Å². The summed E-state index contributed by atoms with van der Waals surface area (Å²) in [5.74, 6) is 0.579. The number of ether oxygens (including phenoxy) is 3. The van der Waals surface area contributed by atoms with Gasteiger partial charge in [-0.1, -0.05) is 36.1 Å². The number of halogens is 1. The van der Waals surface area contributed by atoms with Crippen LogP contribution in [0.25, 0.3) is 6.08 Å². The molecular formula is C29H30BrN3O5S. The fraction of sp³-hybridized carbons (Fsp3) is 0.276. The van der Waals surface area contributed by atoms with Gasteiger partial charge < -0.3 is 19.1 Å². The third-order valence-electron chi connectivity index (χ3n) is 6.14. The lowest BCUT2D eigenvalue weighted by atomic mass is 9.95. The second-order valence-electron chi connectivity index (χ2n) is 8.92. The second kappa shape index (κ2) is 12.0. The minimum Gasteiger partial charge on any atom is -0.493 e. The molecule has 1 atom stereocenters. The fourth-order valence-electron chi connectivity index (χ4n) is 4.32. The molecule has 4 rings (SSSR count). The number of esters is 1. The molecule has 204 valence electrons. The van der Waals surface area contributed by atoms with Gasteiger partial charge in [-0.2, -0.15) is 0 Å². The molecule has 0 amide bonds. The maximum absolute atomic E-state index is 13.9. The second-order valence-corrected chi connectivity index (χ2v) is 10.8. The van der Waals surface area contributed by atoms with Gasteiger partial charge in [0.2, 0.25) is 0 Å². The Kier molecular flexibility index (Phi) is 8.76. The van der Waals surface area contributed by atoms with E-state index in [-0.39, 0.29) is 12.2 Å².